The molecule has 0 fully saturated rings. The van der Waals surface area contributed by atoms with Gasteiger partial charge in [0.2, 0.25) is 0 Å². The lowest BCUT2D eigenvalue weighted by Crippen LogP contribution is -2.40. The smallest absolute Gasteiger partial charge is 0.326 e. The van der Waals surface area contributed by atoms with Crippen molar-refractivity contribution >= 4 is 45.1 Å². The normalized spacial score (nSPS) is 11.8. The Morgan fingerprint density at radius 3 is 2.60 bits per heavy atom. The highest BCUT2D eigenvalue weighted by atomic mass is 32.1. The summed E-state index contributed by atoms with van der Waals surface area (Å²) in [4.78, 5) is 55.0. The molecule has 0 aliphatic heterocycles. The quantitative estimate of drug-likeness (QED) is 0.291. The average Bonchev–Trinajstić information content (AvgIpc) is 3.31. The summed E-state index contributed by atoms with van der Waals surface area (Å²) >= 11 is 1.01. The third kappa shape index (κ3) is 6.59. The molecule has 3 aromatic rings. The van der Waals surface area contributed by atoms with E-state index in [-0.39, 0.29) is 35.6 Å². The number of aromatic amines is 1. The molecule has 186 valence electrons. The van der Waals surface area contributed by atoms with Gasteiger partial charge in [-0.2, -0.15) is 0 Å². The lowest BCUT2D eigenvalue weighted by molar-refractivity contribution is -0.140. The number of thiophene rings is 1. The standard InChI is InChI=1S/C22H22F2N4O6S/c23-7-8-28(11-12-1-2-14-13(9-12)20(31)27-17(10-24)25-14)18-5-4-16(35-18)21(32)26-15(22(33)34)3-6-19(29)30/h1-2,4-5,9,15H,3,6-8,10-11H2,(H,26,32)(H,29,30)(H,33,34)(H,25,27,31)/t15-/m1/s1. The summed E-state index contributed by atoms with van der Waals surface area (Å²) in [6.45, 7) is -1.41. The molecule has 0 bridgehead atoms. The maximum absolute atomic E-state index is 13.3. The highest BCUT2D eigenvalue weighted by Gasteiger charge is 2.23. The Morgan fingerprint density at radius 2 is 1.94 bits per heavy atom. The second-order valence-corrected chi connectivity index (χ2v) is 8.61. The molecular formula is C22H22F2N4O6S. The van der Waals surface area contributed by atoms with Crippen molar-refractivity contribution in [2.75, 3.05) is 18.1 Å². The third-order valence-corrected chi connectivity index (χ3v) is 6.20. The van der Waals surface area contributed by atoms with Crippen molar-refractivity contribution in [1.29, 1.82) is 0 Å². The first kappa shape index (κ1) is 25.7. The van der Waals surface area contributed by atoms with Crippen molar-refractivity contribution in [2.45, 2.75) is 32.1 Å². The molecule has 2 aromatic heterocycles. The van der Waals surface area contributed by atoms with Crippen LogP contribution >= 0.6 is 11.3 Å². The zero-order chi connectivity index (χ0) is 25.5. The number of benzene rings is 1. The number of carboxylic acid groups (broad SMARTS) is 2. The van der Waals surface area contributed by atoms with E-state index < -0.39 is 49.2 Å². The van der Waals surface area contributed by atoms with E-state index in [0.29, 0.717) is 16.1 Å². The molecule has 2 heterocycles. The van der Waals surface area contributed by atoms with Crippen LogP contribution in [-0.4, -0.2) is 57.3 Å². The summed E-state index contributed by atoms with van der Waals surface area (Å²) in [7, 11) is 0. The average molecular weight is 509 g/mol. The Bertz CT molecular complexity index is 1290. The van der Waals surface area contributed by atoms with Gasteiger partial charge in [0.1, 0.15) is 25.2 Å². The second-order valence-electron chi connectivity index (χ2n) is 7.54. The zero-order valence-electron chi connectivity index (χ0n) is 18.3. The number of alkyl halides is 2. The van der Waals surface area contributed by atoms with Crippen molar-refractivity contribution in [2.24, 2.45) is 0 Å². The number of hydrogen-bond acceptors (Lipinski definition) is 7. The Kier molecular flexibility index (Phi) is 8.47. The van der Waals surface area contributed by atoms with Crippen molar-refractivity contribution in [3.63, 3.8) is 0 Å². The van der Waals surface area contributed by atoms with E-state index in [4.69, 9.17) is 5.11 Å². The van der Waals surface area contributed by atoms with Gasteiger partial charge in [0.15, 0.2) is 0 Å². The topological polar surface area (TPSA) is 153 Å². The number of carboxylic acids is 2. The molecule has 1 aromatic carbocycles. The van der Waals surface area contributed by atoms with Crippen molar-refractivity contribution < 1.29 is 33.4 Å². The predicted octanol–water partition coefficient (Wildman–Crippen LogP) is 2.48. The fourth-order valence-electron chi connectivity index (χ4n) is 3.36. The van der Waals surface area contributed by atoms with E-state index >= 15 is 0 Å². The number of nitrogens with one attached hydrogen (secondary N) is 2. The fraction of sp³-hybridized carbons (Fsp3) is 0.318. The van der Waals surface area contributed by atoms with Gasteiger partial charge >= 0.3 is 11.9 Å². The van der Waals surface area contributed by atoms with Crippen LogP contribution in [0.1, 0.15) is 33.9 Å². The molecule has 0 saturated heterocycles. The highest BCUT2D eigenvalue weighted by molar-refractivity contribution is 7.18. The molecule has 4 N–H and O–H groups in total. The Hall–Kier alpha value is -3.87. The second kappa shape index (κ2) is 11.5. The lowest BCUT2D eigenvalue weighted by atomic mass is 10.1. The first-order chi connectivity index (χ1) is 16.7. The molecule has 1 amide bonds. The van der Waals surface area contributed by atoms with Gasteiger partial charge in [0.25, 0.3) is 11.5 Å². The van der Waals surface area contributed by atoms with Crippen molar-refractivity contribution in [3.8, 4) is 0 Å². The molecule has 0 radical (unpaired) electrons. The van der Waals surface area contributed by atoms with E-state index in [9.17, 15) is 33.1 Å². The molecule has 0 unspecified atom stereocenters. The van der Waals surface area contributed by atoms with Crippen molar-refractivity contribution in [3.05, 3.63) is 57.0 Å². The minimum atomic E-state index is -1.37. The molecule has 13 heteroatoms. The molecule has 0 aliphatic carbocycles. The monoisotopic (exact) mass is 508 g/mol. The summed E-state index contributed by atoms with van der Waals surface area (Å²) in [5.41, 5.74) is 0.492. The summed E-state index contributed by atoms with van der Waals surface area (Å²) < 4.78 is 26.1. The largest absolute Gasteiger partial charge is 0.481 e. The Labute approximate surface area is 201 Å². The van der Waals surface area contributed by atoms with Gasteiger partial charge in [-0.15, -0.1) is 11.3 Å². The van der Waals surface area contributed by atoms with Crippen LogP contribution in [0.4, 0.5) is 13.8 Å². The maximum atomic E-state index is 13.3. The van der Waals surface area contributed by atoms with E-state index in [0.717, 1.165) is 11.3 Å². The van der Waals surface area contributed by atoms with Gasteiger partial charge in [-0.3, -0.25) is 14.4 Å². The van der Waals surface area contributed by atoms with Crippen LogP contribution in [0.15, 0.2) is 35.1 Å². The number of halogens is 2. The summed E-state index contributed by atoms with van der Waals surface area (Å²) in [6.07, 6.45) is -0.693. The number of fused-ring (bicyclic) bond motifs is 1. The first-order valence-corrected chi connectivity index (χ1v) is 11.3. The van der Waals surface area contributed by atoms with Gasteiger partial charge in [-0.1, -0.05) is 6.07 Å². The zero-order valence-corrected chi connectivity index (χ0v) is 19.1. The number of aliphatic carboxylic acids is 2. The van der Waals surface area contributed by atoms with E-state index in [1.807, 2.05) is 0 Å². The van der Waals surface area contributed by atoms with E-state index in [2.05, 4.69) is 15.3 Å². The minimum absolute atomic E-state index is 0.00856. The third-order valence-electron chi connectivity index (χ3n) is 5.05. The summed E-state index contributed by atoms with van der Waals surface area (Å²) in [6, 6.07) is 6.52. The number of rotatable bonds is 12. The molecule has 0 saturated carbocycles. The minimum Gasteiger partial charge on any atom is -0.481 e. The number of nitrogens with zero attached hydrogens (tertiary/aromatic N) is 2. The molecule has 0 aliphatic rings. The molecular weight excluding hydrogens is 486 g/mol. The number of anilines is 1. The van der Waals surface area contributed by atoms with Crippen LogP contribution < -0.4 is 15.8 Å². The van der Waals surface area contributed by atoms with Crippen LogP contribution in [0.3, 0.4) is 0 Å². The number of carbonyl (C=O) groups excluding carboxylic acids is 1. The van der Waals surface area contributed by atoms with Crippen LogP contribution in [0.25, 0.3) is 10.9 Å². The van der Waals surface area contributed by atoms with Gasteiger partial charge in [-0.05, 0) is 36.2 Å². The van der Waals surface area contributed by atoms with Gasteiger partial charge in [0, 0.05) is 19.5 Å². The van der Waals surface area contributed by atoms with Crippen molar-refractivity contribution in [1.82, 2.24) is 15.3 Å². The number of amides is 1. The molecule has 1 atom stereocenters. The van der Waals surface area contributed by atoms with Gasteiger partial charge < -0.3 is 25.4 Å². The Balaban J connectivity index is 1.77. The summed E-state index contributed by atoms with van der Waals surface area (Å²) in [5.74, 6) is -3.30. The van der Waals surface area contributed by atoms with E-state index in [1.165, 1.54) is 6.07 Å². The predicted molar refractivity (Wildman–Crippen MR) is 124 cm³/mol. The van der Waals surface area contributed by atoms with Gasteiger partial charge in [0.05, 0.1) is 20.8 Å². The Morgan fingerprint density at radius 1 is 1.17 bits per heavy atom. The number of hydrogen-bond donors (Lipinski definition) is 4. The molecule has 35 heavy (non-hydrogen) atoms. The maximum Gasteiger partial charge on any atom is 0.326 e. The first-order valence-electron chi connectivity index (χ1n) is 10.5. The molecule has 10 nitrogen and oxygen atoms in total. The van der Waals surface area contributed by atoms with E-state index in [1.54, 1.807) is 29.2 Å². The van der Waals surface area contributed by atoms with Crippen LogP contribution in [0.2, 0.25) is 0 Å². The SMILES string of the molecule is O=C(O)CC[C@@H](NC(=O)c1ccc(N(CCF)Cc2ccc3nc(CF)[nH]c(=O)c3c2)s1)C(=O)O. The van der Waals surface area contributed by atoms with Gasteiger partial charge in [-0.25, -0.2) is 18.6 Å². The van der Waals surface area contributed by atoms with Crippen LogP contribution in [-0.2, 0) is 22.8 Å². The number of aromatic nitrogens is 2. The fourth-order valence-corrected chi connectivity index (χ4v) is 4.29. The number of carbonyl (C=O) groups is 3. The summed E-state index contributed by atoms with van der Waals surface area (Å²) in [5, 5.41) is 21.1. The van der Waals surface area contributed by atoms with Crippen LogP contribution in [0.5, 0.6) is 0 Å². The number of H-pyrrole nitrogens is 1. The molecule has 0 spiro atoms. The van der Waals surface area contributed by atoms with Crippen LogP contribution in [0, 0.1) is 0 Å². The molecule has 3 rings (SSSR count). The highest BCUT2D eigenvalue weighted by Crippen LogP contribution is 2.28. The lowest BCUT2D eigenvalue weighted by Gasteiger charge is -2.22.